The second-order valence-corrected chi connectivity index (χ2v) is 9.01. The van der Waals surface area contributed by atoms with E-state index in [4.69, 9.17) is 20.8 Å². The molecule has 2 heterocycles. The molecule has 7 nitrogen and oxygen atoms in total. The van der Waals surface area contributed by atoms with Gasteiger partial charge in [0.15, 0.2) is 11.0 Å². The minimum atomic E-state index is -0.0657. The summed E-state index contributed by atoms with van der Waals surface area (Å²) in [5, 5.41) is 18.6. The maximum absolute atomic E-state index is 6.20. The Morgan fingerprint density at radius 3 is 2.61 bits per heavy atom. The monoisotopic (exact) mass is 453 g/mol. The minimum Gasteiger partial charge on any atom is -0.484 e. The second kappa shape index (κ2) is 8.72. The van der Waals surface area contributed by atoms with Gasteiger partial charge in [-0.3, -0.25) is 4.57 Å². The molecule has 1 aliphatic carbocycles. The molecule has 0 aliphatic heterocycles. The Kier molecular flexibility index (Phi) is 5.65. The number of aromatic nitrogens is 5. The van der Waals surface area contributed by atoms with Crippen molar-refractivity contribution in [3.8, 4) is 17.2 Å². The zero-order valence-corrected chi connectivity index (χ0v) is 18.4. The molecule has 4 aromatic rings. The Hall–Kier alpha value is -2.84. The number of thioether (sulfide) groups is 1. The molecule has 2 aromatic heterocycles. The fourth-order valence-corrected chi connectivity index (χ4v) is 4.35. The number of ether oxygens (including phenoxy) is 1. The van der Waals surface area contributed by atoms with Gasteiger partial charge in [-0.25, -0.2) is 0 Å². The largest absolute Gasteiger partial charge is 0.484 e. The van der Waals surface area contributed by atoms with Crippen molar-refractivity contribution in [1.29, 1.82) is 0 Å². The van der Waals surface area contributed by atoms with Gasteiger partial charge in [-0.15, -0.1) is 20.4 Å². The van der Waals surface area contributed by atoms with Gasteiger partial charge in [0.1, 0.15) is 12.4 Å². The lowest BCUT2D eigenvalue weighted by Gasteiger charge is -2.12. The second-order valence-electron chi connectivity index (χ2n) is 7.29. The molecule has 0 radical (unpaired) electrons. The van der Waals surface area contributed by atoms with E-state index in [1.165, 1.54) is 0 Å². The summed E-state index contributed by atoms with van der Waals surface area (Å²) in [6, 6.07) is 17.6. The summed E-state index contributed by atoms with van der Waals surface area (Å²) >= 11 is 7.76. The maximum Gasteiger partial charge on any atom is 0.247 e. The molecule has 1 aliphatic rings. The first-order valence-electron chi connectivity index (χ1n) is 10.1. The lowest BCUT2D eigenvalue weighted by Crippen LogP contribution is -2.07. The molecule has 0 amide bonds. The van der Waals surface area contributed by atoms with Gasteiger partial charge in [-0.2, -0.15) is 0 Å². The topological polar surface area (TPSA) is 78.9 Å². The van der Waals surface area contributed by atoms with Crippen LogP contribution in [0, 0.1) is 0 Å². The summed E-state index contributed by atoms with van der Waals surface area (Å²) in [5.74, 6) is 2.49. The van der Waals surface area contributed by atoms with Gasteiger partial charge >= 0.3 is 0 Å². The van der Waals surface area contributed by atoms with Gasteiger partial charge in [0.2, 0.25) is 11.8 Å². The summed E-state index contributed by atoms with van der Waals surface area (Å²) in [6.45, 7) is 2.33. The van der Waals surface area contributed by atoms with Crippen LogP contribution >= 0.6 is 23.4 Å². The number of benzene rings is 2. The molecule has 1 atom stereocenters. The molecule has 0 saturated heterocycles. The SMILES string of the molecule is C[C@@H](Sc1nnc(COc2ccccc2Cl)n1C1CC1)c1nnc(-c2ccccc2)o1. The molecule has 0 unspecified atom stereocenters. The van der Waals surface area contributed by atoms with E-state index in [0.717, 1.165) is 29.4 Å². The average Bonchev–Trinajstić information content (AvgIpc) is 3.36. The molecule has 2 aromatic carbocycles. The van der Waals surface area contributed by atoms with Gasteiger partial charge in [0, 0.05) is 11.6 Å². The fourth-order valence-electron chi connectivity index (χ4n) is 3.19. The highest BCUT2D eigenvalue weighted by Crippen LogP contribution is 2.42. The Morgan fingerprint density at radius 1 is 1.06 bits per heavy atom. The van der Waals surface area contributed by atoms with Gasteiger partial charge in [-0.05, 0) is 44.0 Å². The Balaban J connectivity index is 1.32. The maximum atomic E-state index is 6.20. The van der Waals surface area contributed by atoms with Gasteiger partial charge in [0.05, 0.1) is 10.3 Å². The van der Waals surface area contributed by atoms with Crippen LogP contribution in [0.25, 0.3) is 11.5 Å². The molecule has 0 spiro atoms. The van der Waals surface area contributed by atoms with Crippen molar-refractivity contribution in [1.82, 2.24) is 25.0 Å². The molecule has 1 saturated carbocycles. The van der Waals surface area contributed by atoms with Crippen molar-refractivity contribution in [3.63, 3.8) is 0 Å². The number of rotatable bonds is 8. The van der Waals surface area contributed by atoms with Crippen LogP contribution in [-0.4, -0.2) is 25.0 Å². The lowest BCUT2D eigenvalue weighted by molar-refractivity contribution is 0.288. The van der Waals surface area contributed by atoms with E-state index in [1.54, 1.807) is 17.8 Å². The molecule has 1 fully saturated rings. The third-order valence-corrected chi connectivity index (χ3v) is 6.29. The average molecular weight is 454 g/mol. The summed E-state index contributed by atoms with van der Waals surface area (Å²) in [4.78, 5) is 0. The highest BCUT2D eigenvalue weighted by molar-refractivity contribution is 7.99. The molecule has 9 heteroatoms. The van der Waals surface area contributed by atoms with E-state index in [0.29, 0.717) is 35.2 Å². The molecule has 31 heavy (non-hydrogen) atoms. The van der Waals surface area contributed by atoms with Crippen LogP contribution in [0.3, 0.4) is 0 Å². The van der Waals surface area contributed by atoms with Crippen LogP contribution in [0.2, 0.25) is 5.02 Å². The van der Waals surface area contributed by atoms with Crippen molar-refractivity contribution in [3.05, 3.63) is 71.3 Å². The number of para-hydroxylation sites is 1. The van der Waals surface area contributed by atoms with Crippen LogP contribution in [0.1, 0.15) is 42.8 Å². The zero-order valence-electron chi connectivity index (χ0n) is 16.8. The third-order valence-electron chi connectivity index (χ3n) is 4.93. The van der Waals surface area contributed by atoms with E-state index in [1.807, 2.05) is 55.5 Å². The Bertz CT molecular complexity index is 1180. The van der Waals surface area contributed by atoms with Crippen LogP contribution in [-0.2, 0) is 6.61 Å². The minimum absolute atomic E-state index is 0.0657. The molecule has 5 rings (SSSR count). The lowest BCUT2D eigenvalue weighted by atomic mass is 10.2. The molecular formula is C22H20ClN5O2S. The predicted octanol–water partition coefficient (Wildman–Crippen LogP) is 5.75. The smallest absolute Gasteiger partial charge is 0.247 e. The van der Waals surface area contributed by atoms with Crippen molar-refractivity contribution in [2.24, 2.45) is 0 Å². The summed E-state index contributed by atoms with van der Waals surface area (Å²) in [5.41, 5.74) is 0.901. The Morgan fingerprint density at radius 2 is 1.84 bits per heavy atom. The van der Waals surface area contributed by atoms with Crippen LogP contribution in [0.15, 0.2) is 64.2 Å². The van der Waals surface area contributed by atoms with Crippen LogP contribution in [0.4, 0.5) is 0 Å². The third kappa shape index (κ3) is 4.45. The van der Waals surface area contributed by atoms with Crippen LogP contribution < -0.4 is 4.74 Å². The van der Waals surface area contributed by atoms with E-state index in [9.17, 15) is 0 Å². The summed E-state index contributed by atoms with van der Waals surface area (Å²) < 4.78 is 14.0. The van der Waals surface area contributed by atoms with Crippen molar-refractivity contribution in [2.75, 3.05) is 0 Å². The molecule has 0 N–H and O–H groups in total. The summed E-state index contributed by atoms with van der Waals surface area (Å²) in [6.07, 6.45) is 2.22. The number of hydrogen-bond acceptors (Lipinski definition) is 7. The summed E-state index contributed by atoms with van der Waals surface area (Å²) in [7, 11) is 0. The first kappa shape index (κ1) is 20.1. The number of halogens is 1. The van der Waals surface area contributed by atoms with Crippen molar-refractivity contribution >= 4 is 23.4 Å². The normalized spacial score (nSPS) is 14.5. The first-order chi connectivity index (χ1) is 15.2. The van der Waals surface area contributed by atoms with E-state index in [2.05, 4.69) is 25.0 Å². The van der Waals surface area contributed by atoms with Crippen molar-refractivity contribution < 1.29 is 9.15 Å². The number of nitrogens with zero attached hydrogens (tertiary/aromatic N) is 5. The quantitative estimate of drug-likeness (QED) is 0.314. The van der Waals surface area contributed by atoms with Crippen molar-refractivity contribution in [2.45, 2.75) is 42.8 Å². The molecule has 158 valence electrons. The van der Waals surface area contributed by atoms with E-state index in [-0.39, 0.29) is 5.25 Å². The first-order valence-corrected chi connectivity index (χ1v) is 11.3. The molecule has 0 bridgehead atoms. The Labute approximate surface area is 188 Å². The zero-order chi connectivity index (χ0) is 21.2. The van der Waals surface area contributed by atoms with E-state index >= 15 is 0 Å². The van der Waals surface area contributed by atoms with Gasteiger partial charge < -0.3 is 9.15 Å². The predicted molar refractivity (Wildman–Crippen MR) is 118 cm³/mol. The fraction of sp³-hybridized carbons (Fsp3) is 0.273. The highest BCUT2D eigenvalue weighted by atomic mass is 35.5. The molecular weight excluding hydrogens is 434 g/mol. The highest BCUT2D eigenvalue weighted by Gasteiger charge is 2.31. The van der Waals surface area contributed by atoms with Gasteiger partial charge in [-0.1, -0.05) is 53.7 Å². The standard InChI is InChI=1S/C22H20ClN5O2S/c1-14(20-25-26-21(30-20)15-7-3-2-4-8-15)31-22-27-24-19(28(22)16-11-12-16)13-29-18-10-6-5-9-17(18)23/h2-10,14,16H,11-13H2,1H3/t14-/m1/s1. The van der Waals surface area contributed by atoms with Gasteiger partial charge in [0.25, 0.3) is 0 Å². The number of hydrogen-bond donors (Lipinski definition) is 0. The van der Waals surface area contributed by atoms with Crippen LogP contribution in [0.5, 0.6) is 5.75 Å². The van der Waals surface area contributed by atoms with E-state index < -0.39 is 0 Å².